The first-order chi connectivity index (χ1) is 14.5. The lowest BCUT2D eigenvalue weighted by Crippen LogP contribution is -2.37. The number of halogens is 3. The molecular formula is C21H32F3N3O3. The van der Waals surface area contributed by atoms with Crippen LogP contribution in [0.3, 0.4) is 0 Å². The van der Waals surface area contributed by atoms with Crippen LogP contribution >= 0.6 is 0 Å². The zero-order valence-corrected chi connectivity index (χ0v) is 17.5. The minimum atomic E-state index is -4.30. The molecule has 1 aromatic carbocycles. The van der Waals surface area contributed by atoms with Crippen LogP contribution in [0.1, 0.15) is 30.4 Å². The van der Waals surface area contributed by atoms with Crippen molar-refractivity contribution in [2.75, 3.05) is 46.6 Å². The van der Waals surface area contributed by atoms with Gasteiger partial charge in [-0.2, -0.15) is 13.2 Å². The fraction of sp³-hybridized carbons (Fsp3) is 0.667. The number of nitrogens with one attached hydrogen (secondary N) is 2. The molecule has 0 saturated carbocycles. The third kappa shape index (κ3) is 10.8. The van der Waals surface area contributed by atoms with Crippen molar-refractivity contribution in [2.45, 2.75) is 38.6 Å². The molecule has 0 unspecified atom stereocenters. The summed E-state index contributed by atoms with van der Waals surface area (Å²) in [6, 6.07) is 7.24. The molecule has 1 aliphatic rings. The van der Waals surface area contributed by atoms with E-state index in [9.17, 15) is 13.2 Å². The first kappa shape index (κ1) is 24.4. The average Bonchev–Trinajstić information content (AvgIpc) is 2.73. The smallest absolute Gasteiger partial charge is 0.381 e. The number of rotatable bonds is 11. The highest BCUT2D eigenvalue weighted by Gasteiger charge is 2.27. The highest BCUT2D eigenvalue weighted by molar-refractivity contribution is 5.79. The van der Waals surface area contributed by atoms with Crippen LogP contribution in [-0.4, -0.2) is 58.8 Å². The van der Waals surface area contributed by atoms with Gasteiger partial charge in [0.1, 0.15) is 6.61 Å². The van der Waals surface area contributed by atoms with Crippen LogP contribution in [0.15, 0.2) is 29.3 Å². The highest BCUT2D eigenvalue weighted by atomic mass is 19.4. The maximum absolute atomic E-state index is 12.1. The molecule has 1 aromatic rings. The molecule has 2 rings (SSSR count). The van der Waals surface area contributed by atoms with Gasteiger partial charge >= 0.3 is 6.18 Å². The van der Waals surface area contributed by atoms with E-state index in [-0.39, 0.29) is 6.61 Å². The summed E-state index contributed by atoms with van der Waals surface area (Å²) in [6.07, 6.45) is -1.26. The third-order valence-electron chi connectivity index (χ3n) is 4.69. The van der Waals surface area contributed by atoms with E-state index in [1.54, 1.807) is 19.2 Å². The summed E-state index contributed by atoms with van der Waals surface area (Å²) in [5, 5.41) is 6.46. The Kier molecular flexibility index (Phi) is 11.0. The lowest BCUT2D eigenvalue weighted by atomic mass is 10.0. The van der Waals surface area contributed by atoms with Crippen molar-refractivity contribution < 1.29 is 27.4 Å². The zero-order valence-electron chi connectivity index (χ0n) is 17.5. The van der Waals surface area contributed by atoms with E-state index in [0.717, 1.165) is 51.2 Å². The molecule has 0 radical (unpaired) electrons. The summed E-state index contributed by atoms with van der Waals surface area (Å²) in [5.41, 5.74) is 1.70. The maximum atomic E-state index is 12.1. The fourth-order valence-electron chi connectivity index (χ4n) is 2.99. The average molecular weight is 431 g/mol. The minimum absolute atomic E-state index is 0.0625. The second-order valence-electron chi connectivity index (χ2n) is 7.26. The van der Waals surface area contributed by atoms with Crippen LogP contribution < -0.4 is 10.6 Å². The predicted molar refractivity (Wildman–Crippen MR) is 109 cm³/mol. The van der Waals surface area contributed by atoms with Crippen molar-refractivity contribution >= 4 is 5.96 Å². The fourth-order valence-corrected chi connectivity index (χ4v) is 2.99. The molecule has 0 amide bonds. The lowest BCUT2D eigenvalue weighted by molar-refractivity contribution is -0.176. The Bertz CT molecular complexity index is 618. The molecule has 30 heavy (non-hydrogen) atoms. The molecule has 1 fully saturated rings. The van der Waals surface area contributed by atoms with E-state index in [1.807, 2.05) is 12.1 Å². The molecule has 1 heterocycles. The summed E-state index contributed by atoms with van der Waals surface area (Å²) in [6.45, 7) is 3.20. The molecule has 0 aliphatic carbocycles. The predicted octanol–water partition coefficient (Wildman–Crippen LogP) is 3.26. The van der Waals surface area contributed by atoms with Crippen LogP contribution in [-0.2, 0) is 27.4 Å². The lowest BCUT2D eigenvalue weighted by Gasteiger charge is -2.21. The second-order valence-corrected chi connectivity index (χ2v) is 7.26. The molecule has 0 bridgehead atoms. The number of hydrogen-bond donors (Lipinski definition) is 2. The Labute approximate surface area is 176 Å². The van der Waals surface area contributed by atoms with Gasteiger partial charge in [0.25, 0.3) is 0 Å². The summed E-state index contributed by atoms with van der Waals surface area (Å²) in [7, 11) is 1.71. The van der Waals surface area contributed by atoms with Crippen molar-refractivity contribution in [2.24, 2.45) is 10.9 Å². The number of guanidine groups is 1. The van der Waals surface area contributed by atoms with Gasteiger partial charge in [-0.15, -0.1) is 0 Å². The van der Waals surface area contributed by atoms with Gasteiger partial charge in [0.15, 0.2) is 5.96 Å². The molecule has 0 atom stereocenters. The number of aliphatic imine (C=N–C) groups is 1. The Hall–Kier alpha value is -1.84. The van der Waals surface area contributed by atoms with Crippen molar-refractivity contribution in [1.29, 1.82) is 0 Å². The number of benzene rings is 1. The molecule has 1 aliphatic heterocycles. The SMILES string of the molecule is CN=C(NCCCOCC1CCOCC1)NCc1ccc(COCC(F)(F)F)cc1. The van der Waals surface area contributed by atoms with Crippen LogP contribution in [0.2, 0.25) is 0 Å². The first-order valence-corrected chi connectivity index (χ1v) is 10.3. The van der Waals surface area contributed by atoms with Gasteiger partial charge in [0.05, 0.1) is 6.61 Å². The Morgan fingerprint density at radius 3 is 2.47 bits per heavy atom. The van der Waals surface area contributed by atoms with Gasteiger partial charge in [0.2, 0.25) is 0 Å². The molecule has 1 saturated heterocycles. The molecule has 9 heteroatoms. The van der Waals surface area contributed by atoms with Gasteiger partial charge in [-0.1, -0.05) is 24.3 Å². The number of nitrogens with zero attached hydrogens (tertiary/aromatic N) is 1. The molecular weight excluding hydrogens is 399 g/mol. The number of ether oxygens (including phenoxy) is 3. The third-order valence-corrected chi connectivity index (χ3v) is 4.69. The van der Waals surface area contributed by atoms with Crippen LogP contribution in [0.25, 0.3) is 0 Å². The van der Waals surface area contributed by atoms with Gasteiger partial charge in [-0.05, 0) is 36.3 Å². The van der Waals surface area contributed by atoms with Crippen LogP contribution in [0.5, 0.6) is 0 Å². The number of hydrogen-bond acceptors (Lipinski definition) is 4. The van der Waals surface area contributed by atoms with E-state index in [1.165, 1.54) is 0 Å². The van der Waals surface area contributed by atoms with E-state index < -0.39 is 12.8 Å². The van der Waals surface area contributed by atoms with Crippen molar-refractivity contribution in [1.82, 2.24) is 10.6 Å². The Morgan fingerprint density at radius 1 is 1.10 bits per heavy atom. The Morgan fingerprint density at radius 2 is 1.80 bits per heavy atom. The molecule has 170 valence electrons. The summed E-state index contributed by atoms with van der Waals surface area (Å²) < 4.78 is 52.0. The largest absolute Gasteiger partial charge is 0.411 e. The molecule has 6 nitrogen and oxygen atoms in total. The van der Waals surface area contributed by atoms with E-state index in [2.05, 4.69) is 20.4 Å². The van der Waals surface area contributed by atoms with E-state index >= 15 is 0 Å². The molecule has 2 N–H and O–H groups in total. The van der Waals surface area contributed by atoms with Crippen molar-refractivity contribution in [3.05, 3.63) is 35.4 Å². The monoisotopic (exact) mass is 431 g/mol. The molecule has 0 spiro atoms. The van der Waals surface area contributed by atoms with E-state index in [0.29, 0.717) is 30.6 Å². The van der Waals surface area contributed by atoms with Crippen LogP contribution in [0.4, 0.5) is 13.2 Å². The zero-order chi connectivity index (χ0) is 21.7. The summed E-state index contributed by atoms with van der Waals surface area (Å²) in [5.74, 6) is 1.31. The van der Waals surface area contributed by atoms with Gasteiger partial charge in [0, 0.05) is 46.6 Å². The van der Waals surface area contributed by atoms with Crippen LogP contribution in [0, 0.1) is 5.92 Å². The van der Waals surface area contributed by atoms with Gasteiger partial charge < -0.3 is 24.8 Å². The second kappa shape index (κ2) is 13.5. The Balaban J connectivity index is 1.56. The summed E-state index contributed by atoms with van der Waals surface area (Å²) in [4.78, 5) is 4.19. The topological polar surface area (TPSA) is 64.1 Å². The normalized spacial score (nSPS) is 15.9. The van der Waals surface area contributed by atoms with Crippen molar-refractivity contribution in [3.8, 4) is 0 Å². The standard InChI is InChI=1S/C21H32F3N3O3/c1-25-20(26-9-2-10-29-14-19-7-11-28-12-8-19)27-13-17-3-5-18(6-4-17)15-30-16-21(22,23)24/h3-6,19H,2,7-16H2,1H3,(H2,25,26,27). The minimum Gasteiger partial charge on any atom is -0.381 e. The first-order valence-electron chi connectivity index (χ1n) is 10.3. The molecule has 0 aromatic heterocycles. The highest BCUT2D eigenvalue weighted by Crippen LogP contribution is 2.16. The van der Waals surface area contributed by atoms with Gasteiger partial charge in [-0.3, -0.25) is 4.99 Å². The van der Waals surface area contributed by atoms with Crippen molar-refractivity contribution in [3.63, 3.8) is 0 Å². The maximum Gasteiger partial charge on any atom is 0.411 e. The van der Waals surface area contributed by atoms with E-state index in [4.69, 9.17) is 9.47 Å². The summed E-state index contributed by atoms with van der Waals surface area (Å²) >= 11 is 0. The number of alkyl halides is 3. The quantitative estimate of drug-likeness (QED) is 0.320. The van der Waals surface area contributed by atoms with Gasteiger partial charge in [-0.25, -0.2) is 0 Å².